The summed E-state index contributed by atoms with van der Waals surface area (Å²) in [5, 5.41) is 11.0. The molecule has 0 aliphatic rings. The second kappa shape index (κ2) is 6.35. The SMILES string of the molecule is CC(C)(C)Oc1cc(NC(=O)O)c(N)cc1-c1cc(F)ccc1F. The van der Waals surface area contributed by atoms with Crippen LogP contribution < -0.4 is 15.8 Å². The Bertz CT molecular complexity index is 786. The molecule has 0 aromatic heterocycles. The van der Waals surface area contributed by atoms with Crippen molar-refractivity contribution in [3.8, 4) is 16.9 Å². The molecule has 0 atom stereocenters. The summed E-state index contributed by atoms with van der Waals surface area (Å²) in [6.45, 7) is 5.33. The number of rotatable bonds is 3. The van der Waals surface area contributed by atoms with Crippen LogP contribution in [0.2, 0.25) is 0 Å². The van der Waals surface area contributed by atoms with Crippen molar-refractivity contribution in [2.24, 2.45) is 0 Å². The minimum Gasteiger partial charge on any atom is -0.487 e. The monoisotopic (exact) mass is 336 g/mol. The summed E-state index contributed by atoms with van der Waals surface area (Å²) < 4.78 is 33.4. The zero-order valence-corrected chi connectivity index (χ0v) is 13.5. The van der Waals surface area contributed by atoms with E-state index in [1.807, 2.05) is 0 Å². The first-order valence-electron chi connectivity index (χ1n) is 7.15. The van der Waals surface area contributed by atoms with Gasteiger partial charge in [-0.1, -0.05) is 0 Å². The van der Waals surface area contributed by atoms with Crippen molar-refractivity contribution in [1.29, 1.82) is 0 Å². The molecular weight excluding hydrogens is 318 g/mol. The summed E-state index contributed by atoms with van der Waals surface area (Å²) in [6, 6.07) is 5.75. The number of benzene rings is 2. The molecule has 2 rings (SSSR count). The fourth-order valence-electron chi connectivity index (χ4n) is 2.15. The van der Waals surface area contributed by atoms with Crippen molar-refractivity contribution >= 4 is 17.5 Å². The van der Waals surface area contributed by atoms with Crippen LogP contribution in [-0.2, 0) is 0 Å². The minimum atomic E-state index is -1.30. The van der Waals surface area contributed by atoms with Gasteiger partial charge in [0.15, 0.2) is 0 Å². The molecule has 2 aromatic carbocycles. The number of amides is 1. The van der Waals surface area contributed by atoms with Gasteiger partial charge in [0, 0.05) is 17.2 Å². The van der Waals surface area contributed by atoms with E-state index in [2.05, 4.69) is 5.32 Å². The first-order chi connectivity index (χ1) is 11.1. The van der Waals surface area contributed by atoms with Crippen molar-refractivity contribution in [1.82, 2.24) is 0 Å². The zero-order chi connectivity index (χ0) is 18.1. The molecule has 7 heteroatoms. The van der Waals surface area contributed by atoms with Crippen LogP contribution in [-0.4, -0.2) is 16.8 Å². The molecule has 0 unspecified atom stereocenters. The molecule has 0 aliphatic carbocycles. The Morgan fingerprint density at radius 2 is 1.83 bits per heavy atom. The average Bonchev–Trinajstić information content (AvgIpc) is 2.43. The van der Waals surface area contributed by atoms with Crippen LogP contribution in [0, 0.1) is 11.6 Å². The van der Waals surface area contributed by atoms with E-state index in [0.29, 0.717) is 0 Å². The van der Waals surface area contributed by atoms with Gasteiger partial charge in [0.1, 0.15) is 23.0 Å². The minimum absolute atomic E-state index is 0.0252. The normalized spacial score (nSPS) is 11.2. The highest BCUT2D eigenvalue weighted by molar-refractivity contribution is 5.91. The van der Waals surface area contributed by atoms with Gasteiger partial charge in [0.2, 0.25) is 0 Å². The van der Waals surface area contributed by atoms with Crippen LogP contribution in [0.1, 0.15) is 20.8 Å². The third-order valence-corrected chi connectivity index (χ3v) is 3.03. The lowest BCUT2D eigenvalue weighted by Crippen LogP contribution is -2.23. The number of carbonyl (C=O) groups is 1. The number of nitrogens with one attached hydrogen (secondary N) is 1. The summed E-state index contributed by atoms with van der Waals surface area (Å²) >= 11 is 0. The maximum Gasteiger partial charge on any atom is 0.409 e. The fraction of sp³-hybridized carbons (Fsp3) is 0.235. The smallest absolute Gasteiger partial charge is 0.409 e. The third-order valence-electron chi connectivity index (χ3n) is 3.03. The van der Waals surface area contributed by atoms with Gasteiger partial charge < -0.3 is 15.6 Å². The fourth-order valence-corrected chi connectivity index (χ4v) is 2.15. The number of hydrogen-bond acceptors (Lipinski definition) is 3. The molecule has 2 aromatic rings. The van der Waals surface area contributed by atoms with Crippen LogP contribution >= 0.6 is 0 Å². The van der Waals surface area contributed by atoms with E-state index in [1.54, 1.807) is 20.8 Å². The molecule has 4 N–H and O–H groups in total. The van der Waals surface area contributed by atoms with Gasteiger partial charge in [-0.2, -0.15) is 0 Å². The molecule has 0 radical (unpaired) electrons. The van der Waals surface area contributed by atoms with Crippen molar-refractivity contribution < 1.29 is 23.4 Å². The first kappa shape index (κ1) is 17.5. The Hall–Kier alpha value is -2.83. The molecule has 1 amide bonds. The van der Waals surface area contributed by atoms with Gasteiger partial charge in [0.05, 0.1) is 11.4 Å². The van der Waals surface area contributed by atoms with E-state index in [0.717, 1.165) is 18.2 Å². The standard InChI is InChI=1S/C17H18F2N2O3/c1-17(2,3)24-15-8-14(21-16(22)23)13(20)7-11(15)10-6-9(18)4-5-12(10)19/h4-8,21H,20H2,1-3H3,(H,22,23). The lowest BCUT2D eigenvalue weighted by molar-refractivity contribution is 0.132. The first-order valence-corrected chi connectivity index (χ1v) is 7.15. The number of hydrogen-bond donors (Lipinski definition) is 3. The van der Waals surface area contributed by atoms with E-state index < -0.39 is 23.3 Å². The highest BCUT2D eigenvalue weighted by Gasteiger charge is 2.20. The number of anilines is 2. The summed E-state index contributed by atoms with van der Waals surface area (Å²) in [5.74, 6) is -1.07. The van der Waals surface area contributed by atoms with Crippen LogP contribution in [0.5, 0.6) is 5.75 Å². The van der Waals surface area contributed by atoms with Crippen molar-refractivity contribution in [3.63, 3.8) is 0 Å². The van der Waals surface area contributed by atoms with E-state index in [-0.39, 0.29) is 28.3 Å². The van der Waals surface area contributed by atoms with E-state index in [4.69, 9.17) is 15.6 Å². The van der Waals surface area contributed by atoms with Crippen LogP contribution in [0.4, 0.5) is 25.0 Å². The van der Waals surface area contributed by atoms with E-state index in [9.17, 15) is 13.6 Å². The number of nitrogen functional groups attached to an aromatic ring is 1. The lowest BCUT2D eigenvalue weighted by atomic mass is 10.0. The molecule has 0 fully saturated rings. The second-order valence-corrected chi connectivity index (χ2v) is 6.20. The number of ether oxygens (including phenoxy) is 1. The van der Waals surface area contributed by atoms with E-state index >= 15 is 0 Å². The molecular formula is C17H18F2N2O3. The molecule has 0 heterocycles. The van der Waals surface area contributed by atoms with Gasteiger partial charge in [-0.15, -0.1) is 0 Å². The van der Waals surface area contributed by atoms with Gasteiger partial charge >= 0.3 is 6.09 Å². The summed E-state index contributed by atoms with van der Waals surface area (Å²) in [4.78, 5) is 10.9. The molecule has 0 aliphatic heterocycles. The summed E-state index contributed by atoms with van der Waals surface area (Å²) in [6.07, 6.45) is -1.30. The number of carboxylic acid groups (broad SMARTS) is 1. The van der Waals surface area contributed by atoms with Gasteiger partial charge in [-0.25, -0.2) is 13.6 Å². The van der Waals surface area contributed by atoms with Gasteiger partial charge in [0.25, 0.3) is 0 Å². The topological polar surface area (TPSA) is 84.6 Å². The summed E-state index contributed by atoms with van der Waals surface area (Å²) in [7, 11) is 0. The molecule has 5 nitrogen and oxygen atoms in total. The average molecular weight is 336 g/mol. The Balaban J connectivity index is 2.66. The van der Waals surface area contributed by atoms with Gasteiger partial charge in [-0.3, -0.25) is 5.32 Å². The van der Waals surface area contributed by atoms with Crippen molar-refractivity contribution in [3.05, 3.63) is 42.0 Å². The zero-order valence-electron chi connectivity index (χ0n) is 13.5. The Kier molecular flexibility index (Phi) is 4.64. The molecule has 0 saturated heterocycles. The molecule has 128 valence electrons. The van der Waals surface area contributed by atoms with Gasteiger partial charge in [-0.05, 0) is 45.0 Å². The molecule has 0 bridgehead atoms. The van der Waals surface area contributed by atoms with Crippen molar-refractivity contribution in [2.75, 3.05) is 11.1 Å². The summed E-state index contributed by atoms with van der Waals surface area (Å²) in [5.41, 5.74) is 5.56. The Morgan fingerprint density at radius 1 is 1.17 bits per heavy atom. The van der Waals surface area contributed by atoms with E-state index in [1.165, 1.54) is 12.1 Å². The highest BCUT2D eigenvalue weighted by atomic mass is 19.1. The number of nitrogens with two attached hydrogens (primary N) is 1. The van der Waals surface area contributed by atoms with Crippen molar-refractivity contribution in [2.45, 2.75) is 26.4 Å². The predicted molar refractivity (Wildman–Crippen MR) is 88.2 cm³/mol. The molecule has 0 spiro atoms. The van der Waals surface area contributed by atoms with Crippen LogP contribution in [0.3, 0.4) is 0 Å². The Morgan fingerprint density at radius 3 is 2.42 bits per heavy atom. The lowest BCUT2D eigenvalue weighted by Gasteiger charge is -2.24. The Labute approximate surface area is 138 Å². The molecule has 0 saturated carbocycles. The molecule has 24 heavy (non-hydrogen) atoms. The second-order valence-electron chi connectivity index (χ2n) is 6.20. The number of halogens is 2. The predicted octanol–water partition coefficient (Wildman–Crippen LogP) is 4.48. The van der Waals surface area contributed by atoms with Crippen LogP contribution in [0.25, 0.3) is 11.1 Å². The third kappa shape index (κ3) is 4.13. The van der Waals surface area contributed by atoms with Crippen LogP contribution in [0.15, 0.2) is 30.3 Å². The largest absolute Gasteiger partial charge is 0.487 e. The maximum atomic E-state index is 14.1. The maximum absolute atomic E-state index is 14.1. The quantitative estimate of drug-likeness (QED) is 0.721. The highest BCUT2D eigenvalue weighted by Crippen LogP contribution is 2.39.